The lowest BCUT2D eigenvalue weighted by atomic mass is 10.1. The van der Waals surface area contributed by atoms with Crippen molar-refractivity contribution in [1.29, 1.82) is 0 Å². The molecule has 45 heavy (non-hydrogen) atoms. The van der Waals surface area contributed by atoms with Gasteiger partial charge < -0.3 is 44.3 Å². The number of rotatable bonds is 11. The van der Waals surface area contributed by atoms with Crippen LogP contribution in [0.4, 0.5) is 16.3 Å². The summed E-state index contributed by atoms with van der Waals surface area (Å²) in [5, 5.41) is 4.20. The first-order valence-corrected chi connectivity index (χ1v) is 18.3. The zero-order chi connectivity index (χ0) is 32.1. The number of ether oxygens (including phenoxy) is 2. The van der Waals surface area contributed by atoms with Gasteiger partial charge in [-0.3, -0.25) is 18.9 Å². The van der Waals surface area contributed by atoms with Crippen LogP contribution < -0.4 is 17.0 Å². The molecule has 0 aliphatic carbocycles. The number of fused-ring (bicyclic) bond motifs is 2. The Morgan fingerprint density at radius 1 is 1.13 bits per heavy atom. The average Bonchev–Trinajstić information content (AvgIpc) is 3.78. The molecule has 2 aliphatic heterocycles. The molecular weight excluding hydrogens is 681 g/mol. The van der Waals surface area contributed by atoms with E-state index in [1.807, 2.05) is 0 Å². The molecule has 7 N–H and O–H groups in total. The fourth-order valence-corrected chi connectivity index (χ4v) is 7.06. The molecule has 0 saturated carbocycles. The maximum absolute atomic E-state index is 15.9. The van der Waals surface area contributed by atoms with E-state index in [1.54, 1.807) is 6.20 Å². The van der Waals surface area contributed by atoms with Crippen molar-refractivity contribution in [2.75, 3.05) is 31.8 Å². The molecule has 6 rings (SSSR count). The van der Waals surface area contributed by atoms with Crippen molar-refractivity contribution >= 4 is 65.8 Å². The van der Waals surface area contributed by atoms with Crippen molar-refractivity contribution in [3.8, 4) is 0 Å². The molecule has 4 aromatic rings. The lowest BCUT2D eigenvalue weighted by Crippen LogP contribution is -2.32. The largest absolute Gasteiger partial charge is 0.369 e. The number of hydrogen-bond acceptors (Lipinski definition) is 16. The molecule has 24 heteroatoms. The van der Waals surface area contributed by atoms with Gasteiger partial charge in [0.1, 0.15) is 18.5 Å². The maximum Gasteiger partial charge on any atom is 0.325 e. The highest BCUT2D eigenvalue weighted by Gasteiger charge is 2.50. The van der Waals surface area contributed by atoms with E-state index in [2.05, 4.69) is 30.0 Å². The molecule has 6 heterocycles. The molecule has 0 spiro atoms. The van der Waals surface area contributed by atoms with Crippen molar-refractivity contribution < 1.29 is 41.7 Å². The van der Waals surface area contributed by atoms with E-state index in [9.17, 15) is 14.6 Å². The third-order valence-corrected chi connectivity index (χ3v) is 10.4. The monoisotopic (exact) mass is 708 g/mol. The minimum atomic E-state index is -4.15. The van der Waals surface area contributed by atoms with Crippen molar-refractivity contribution in [1.82, 2.24) is 39.1 Å². The van der Waals surface area contributed by atoms with Gasteiger partial charge in [0.2, 0.25) is 11.9 Å². The number of anilines is 2. The van der Waals surface area contributed by atoms with Crippen LogP contribution in [0.2, 0.25) is 0 Å². The molecule has 19 nitrogen and oxygen atoms in total. The van der Waals surface area contributed by atoms with Gasteiger partial charge in [0.15, 0.2) is 29.2 Å². The average molecular weight is 709 g/mol. The molecular formula is C21H27FN10O9P2S2. The highest BCUT2D eigenvalue weighted by atomic mass is 32.5. The zero-order valence-electron chi connectivity index (χ0n) is 23.2. The summed E-state index contributed by atoms with van der Waals surface area (Å²) < 4.78 is 51.6. The zero-order valence-corrected chi connectivity index (χ0v) is 26.6. The van der Waals surface area contributed by atoms with Crippen LogP contribution in [0.5, 0.6) is 0 Å². The summed E-state index contributed by atoms with van der Waals surface area (Å²) in [6, 6.07) is 0. The molecule has 0 amide bonds. The van der Waals surface area contributed by atoms with Gasteiger partial charge in [-0.2, -0.15) is 14.6 Å². The topological polar surface area (TPSA) is 255 Å². The SMILES string of the molecule is COP(O)(=S)OC[C@H]1O[C@@H](n2cnc3c(=O)[nH]c(N)nc32)[C@H](OP(O)(=S)OC[C@@H]2CC[C@H](c3cnn4c(N)ncnc34)O2)[C@@H]1F. The van der Waals surface area contributed by atoms with E-state index in [1.165, 1.54) is 21.7 Å². The Labute approximate surface area is 262 Å². The van der Waals surface area contributed by atoms with Gasteiger partial charge in [-0.1, -0.05) is 0 Å². The number of nitrogens with two attached hydrogens (primary N) is 2. The minimum absolute atomic E-state index is 0.0509. The fourth-order valence-electron chi connectivity index (χ4n) is 5.01. The molecule has 0 aromatic carbocycles. The molecule has 244 valence electrons. The van der Waals surface area contributed by atoms with Crippen LogP contribution in [-0.2, 0) is 51.2 Å². The molecule has 2 unspecified atom stereocenters. The first kappa shape index (κ1) is 32.4. The van der Waals surface area contributed by atoms with E-state index in [4.69, 9.17) is 62.6 Å². The maximum atomic E-state index is 15.9. The number of imidazole rings is 1. The second kappa shape index (κ2) is 12.5. The summed E-state index contributed by atoms with van der Waals surface area (Å²) in [5.74, 6) is -0.0562. The lowest BCUT2D eigenvalue weighted by Gasteiger charge is -2.26. The lowest BCUT2D eigenvalue weighted by molar-refractivity contribution is -0.0472. The van der Waals surface area contributed by atoms with Gasteiger partial charge in [0.05, 0.1) is 37.9 Å². The van der Waals surface area contributed by atoms with Crippen molar-refractivity contribution in [2.45, 2.75) is 49.7 Å². The van der Waals surface area contributed by atoms with Crippen LogP contribution >= 0.6 is 13.4 Å². The van der Waals surface area contributed by atoms with Gasteiger partial charge in [-0.15, -0.1) is 0 Å². The van der Waals surface area contributed by atoms with E-state index < -0.39 is 56.3 Å². The van der Waals surface area contributed by atoms with Gasteiger partial charge in [0.25, 0.3) is 5.56 Å². The van der Waals surface area contributed by atoms with Crippen LogP contribution in [0, 0.1) is 0 Å². The van der Waals surface area contributed by atoms with E-state index in [0.717, 1.165) is 7.11 Å². The number of nitrogens with one attached hydrogen (secondary N) is 1. The molecule has 2 fully saturated rings. The Hall–Kier alpha value is -2.59. The highest BCUT2D eigenvalue weighted by Crippen LogP contribution is 2.52. The van der Waals surface area contributed by atoms with Gasteiger partial charge in [0, 0.05) is 12.7 Å². The third kappa shape index (κ3) is 6.64. The summed E-state index contributed by atoms with van der Waals surface area (Å²) in [5.41, 5.74) is 11.9. The number of aromatic nitrogens is 8. The van der Waals surface area contributed by atoms with E-state index >= 15 is 4.39 Å². The second-order valence-electron chi connectivity index (χ2n) is 9.96. The minimum Gasteiger partial charge on any atom is -0.369 e. The van der Waals surface area contributed by atoms with Gasteiger partial charge >= 0.3 is 13.4 Å². The number of alkyl halides is 1. The summed E-state index contributed by atoms with van der Waals surface area (Å²) in [6.07, 6.45) is -2.08. The smallest absolute Gasteiger partial charge is 0.325 e. The summed E-state index contributed by atoms with van der Waals surface area (Å²) in [6.45, 7) is -8.55. The fraction of sp³-hybridized carbons (Fsp3) is 0.524. The number of H-pyrrole nitrogens is 1. The number of nitrogen functional groups attached to an aromatic ring is 2. The van der Waals surface area contributed by atoms with Crippen LogP contribution in [0.3, 0.4) is 0 Å². The number of hydrogen-bond donors (Lipinski definition) is 5. The molecule has 2 saturated heterocycles. The molecule has 0 radical (unpaired) electrons. The molecule has 0 bridgehead atoms. The Bertz CT molecular complexity index is 1880. The first-order valence-electron chi connectivity index (χ1n) is 13.2. The van der Waals surface area contributed by atoms with Gasteiger partial charge in [-0.05, 0) is 36.5 Å². The van der Waals surface area contributed by atoms with Gasteiger partial charge in [-0.25, -0.2) is 19.3 Å². The number of aromatic amines is 1. The van der Waals surface area contributed by atoms with Crippen molar-refractivity contribution in [3.05, 3.63) is 34.8 Å². The van der Waals surface area contributed by atoms with Crippen molar-refractivity contribution in [3.63, 3.8) is 0 Å². The predicted octanol–water partition coefficient (Wildman–Crippen LogP) is 0.376. The Morgan fingerprint density at radius 2 is 1.91 bits per heavy atom. The summed E-state index contributed by atoms with van der Waals surface area (Å²) >= 11 is 10.1. The highest BCUT2D eigenvalue weighted by molar-refractivity contribution is 8.07. The third-order valence-electron chi connectivity index (χ3n) is 7.11. The quantitative estimate of drug-likeness (QED) is 0.132. The first-order chi connectivity index (χ1) is 21.4. The normalized spacial score (nSPS) is 28.1. The standard InChI is InChI=1S/C21H27FN10O9P2S2/c1-36-42(34,44)38-6-12-13(22)15(19(40-12)31-8-27-14-17(31)29-20(23)30-18(14)33)41-43(35,45)37-5-9-2-3-11(39-9)10-4-28-32-16(10)25-7-26-21(32)24/h4,7-9,11-13,15,19H,2-3,5-6H2,1H3,(H,34,44)(H,35,45)(H2,24,25,26)(H3,23,29,30,33)/t9-,11+,12+,13+,15+,19+,42?,43?/m0/s1. The van der Waals surface area contributed by atoms with E-state index in [-0.39, 0.29) is 35.8 Å². The molecule has 2 aliphatic rings. The predicted molar refractivity (Wildman–Crippen MR) is 160 cm³/mol. The Morgan fingerprint density at radius 3 is 2.69 bits per heavy atom. The number of nitrogens with zero attached hydrogens (tertiary/aromatic N) is 7. The second-order valence-corrected chi connectivity index (χ2v) is 15.7. The molecule has 8 atom stereocenters. The van der Waals surface area contributed by atoms with Crippen LogP contribution in [0.25, 0.3) is 16.8 Å². The summed E-state index contributed by atoms with van der Waals surface area (Å²) in [4.78, 5) is 51.9. The Balaban J connectivity index is 1.17. The van der Waals surface area contributed by atoms with Crippen LogP contribution in [-0.4, -0.2) is 93.7 Å². The summed E-state index contributed by atoms with van der Waals surface area (Å²) in [7, 11) is 1.14. The number of halogens is 1. The van der Waals surface area contributed by atoms with E-state index in [0.29, 0.717) is 24.1 Å². The van der Waals surface area contributed by atoms with Crippen LogP contribution in [0.15, 0.2) is 23.6 Å². The Kier molecular flexibility index (Phi) is 9.02. The molecule has 4 aromatic heterocycles. The van der Waals surface area contributed by atoms with Crippen molar-refractivity contribution in [2.24, 2.45) is 0 Å². The van der Waals surface area contributed by atoms with Crippen LogP contribution in [0.1, 0.15) is 30.7 Å².